The second-order valence-electron chi connectivity index (χ2n) is 5.23. The lowest BCUT2D eigenvalue weighted by Crippen LogP contribution is -2.37. The number of aromatic amines is 1. The summed E-state index contributed by atoms with van der Waals surface area (Å²) in [6.45, 7) is 1.15. The highest BCUT2D eigenvalue weighted by molar-refractivity contribution is 9.10. The number of aromatic nitrogens is 2. The minimum Gasteiger partial charge on any atom is -0.465 e. The fourth-order valence-electron chi connectivity index (χ4n) is 2.69. The summed E-state index contributed by atoms with van der Waals surface area (Å²) in [6, 6.07) is 8.03. The monoisotopic (exact) mass is 349 g/mol. The molecule has 1 aliphatic rings. The first-order valence-electron chi connectivity index (χ1n) is 6.92. The molecule has 3 rings (SSSR count). The van der Waals surface area contributed by atoms with Crippen LogP contribution in [-0.4, -0.2) is 39.2 Å². The number of nitrogens with zero attached hydrogens (tertiary/aromatic N) is 2. The lowest BCUT2D eigenvalue weighted by Gasteiger charge is -2.28. The topological polar surface area (TPSA) is 69.2 Å². The fourth-order valence-corrected chi connectivity index (χ4v) is 3.08. The van der Waals surface area contributed by atoms with E-state index in [0.717, 1.165) is 34.4 Å². The van der Waals surface area contributed by atoms with Gasteiger partial charge in [0.25, 0.3) is 0 Å². The molecule has 21 heavy (non-hydrogen) atoms. The predicted octanol–water partition coefficient (Wildman–Crippen LogP) is 3.70. The van der Waals surface area contributed by atoms with Crippen molar-refractivity contribution in [1.29, 1.82) is 0 Å². The fraction of sp³-hybridized carbons (Fsp3) is 0.333. The molecular weight excluding hydrogens is 334 g/mol. The van der Waals surface area contributed by atoms with Gasteiger partial charge in [0.15, 0.2) is 0 Å². The molecule has 2 aromatic rings. The average molecular weight is 350 g/mol. The summed E-state index contributed by atoms with van der Waals surface area (Å²) in [7, 11) is 0. The van der Waals surface area contributed by atoms with E-state index in [1.807, 2.05) is 30.5 Å². The number of imidazole rings is 1. The van der Waals surface area contributed by atoms with Gasteiger partial charge in [-0.2, -0.15) is 0 Å². The van der Waals surface area contributed by atoms with E-state index < -0.39 is 6.09 Å². The molecule has 0 atom stereocenters. The Morgan fingerprint density at radius 1 is 1.38 bits per heavy atom. The first kappa shape index (κ1) is 14.1. The summed E-state index contributed by atoms with van der Waals surface area (Å²) >= 11 is 3.46. The summed E-state index contributed by atoms with van der Waals surface area (Å²) < 4.78 is 1.03. The number of benzene rings is 1. The van der Waals surface area contributed by atoms with Crippen LogP contribution >= 0.6 is 15.9 Å². The molecule has 1 amide bonds. The zero-order valence-electron chi connectivity index (χ0n) is 11.4. The third-order valence-electron chi connectivity index (χ3n) is 3.87. The number of likely N-dealkylation sites (tertiary alicyclic amines) is 1. The number of carbonyl (C=O) groups is 1. The lowest BCUT2D eigenvalue weighted by atomic mass is 9.96. The Morgan fingerprint density at radius 3 is 2.81 bits per heavy atom. The highest BCUT2D eigenvalue weighted by atomic mass is 79.9. The van der Waals surface area contributed by atoms with Crippen molar-refractivity contribution in [1.82, 2.24) is 14.9 Å². The van der Waals surface area contributed by atoms with Crippen molar-refractivity contribution in [3.63, 3.8) is 0 Å². The highest BCUT2D eigenvalue weighted by Gasteiger charge is 2.25. The number of amides is 1. The van der Waals surface area contributed by atoms with Crippen LogP contribution < -0.4 is 0 Å². The van der Waals surface area contributed by atoms with Gasteiger partial charge in [-0.1, -0.05) is 28.1 Å². The van der Waals surface area contributed by atoms with Gasteiger partial charge >= 0.3 is 6.09 Å². The van der Waals surface area contributed by atoms with Crippen molar-refractivity contribution in [2.45, 2.75) is 18.8 Å². The predicted molar refractivity (Wildman–Crippen MR) is 83.3 cm³/mol. The van der Waals surface area contributed by atoms with Gasteiger partial charge in [0.1, 0.15) is 5.82 Å². The van der Waals surface area contributed by atoms with Crippen LogP contribution in [0.3, 0.4) is 0 Å². The zero-order chi connectivity index (χ0) is 14.8. The van der Waals surface area contributed by atoms with Crippen molar-refractivity contribution >= 4 is 22.0 Å². The first-order valence-corrected chi connectivity index (χ1v) is 7.72. The summed E-state index contributed by atoms with van der Waals surface area (Å²) in [5, 5.41) is 8.97. The maximum absolute atomic E-state index is 10.9. The molecule has 1 aromatic carbocycles. The minimum absolute atomic E-state index is 0.307. The Labute approximate surface area is 131 Å². The Balaban J connectivity index is 1.73. The van der Waals surface area contributed by atoms with E-state index in [0.29, 0.717) is 19.0 Å². The van der Waals surface area contributed by atoms with E-state index in [4.69, 9.17) is 5.11 Å². The molecule has 0 unspecified atom stereocenters. The van der Waals surface area contributed by atoms with Crippen molar-refractivity contribution in [3.05, 3.63) is 40.8 Å². The standard InChI is InChI=1S/C15H16BrN3O2/c16-12-3-1-2-11(8-12)13-9-17-14(18-13)10-4-6-19(7-5-10)15(20)21/h1-3,8-10H,4-7H2,(H,17,18)(H,20,21). The highest BCUT2D eigenvalue weighted by Crippen LogP contribution is 2.28. The van der Waals surface area contributed by atoms with Crippen LogP contribution in [0.1, 0.15) is 24.6 Å². The van der Waals surface area contributed by atoms with Gasteiger partial charge in [-0.15, -0.1) is 0 Å². The first-order chi connectivity index (χ1) is 10.1. The molecule has 1 aliphatic heterocycles. The summed E-state index contributed by atoms with van der Waals surface area (Å²) in [5.41, 5.74) is 1.99. The van der Waals surface area contributed by atoms with Gasteiger partial charge in [-0.25, -0.2) is 9.78 Å². The van der Waals surface area contributed by atoms with Gasteiger partial charge in [-0.05, 0) is 25.0 Å². The average Bonchev–Trinajstić information content (AvgIpc) is 2.97. The summed E-state index contributed by atoms with van der Waals surface area (Å²) in [6.07, 6.45) is 2.72. The second-order valence-corrected chi connectivity index (χ2v) is 6.14. The van der Waals surface area contributed by atoms with Gasteiger partial charge in [0.05, 0.1) is 5.69 Å². The van der Waals surface area contributed by atoms with E-state index >= 15 is 0 Å². The third-order valence-corrected chi connectivity index (χ3v) is 4.36. The van der Waals surface area contributed by atoms with Crippen LogP contribution in [0.2, 0.25) is 0 Å². The van der Waals surface area contributed by atoms with Crippen LogP contribution in [0.15, 0.2) is 34.9 Å². The Hall–Kier alpha value is -1.82. The van der Waals surface area contributed by atoms with Crippen molar-refractivity contribution in [2.75, 3.05) is 13.1 Å². The van der Waals surface area contributed by atoms with Crippen molar-refractivity contribution < 1.29 is 9.90 Å². The molecule has 0 aliphatic carbocycles. The number of nitrogens with one attached hydrogen (secondary N) is 1. The van der Waals surface area contributed by atoms with E-state index in [-0.39, 0.29) is 0 Å². The Morgan fingerprint density at radius 2 is 2.14 bits per heavy atom. The molecule has 1 saturated heterocycles. The molecule has 0 radical (unpaired) electrons. The van der Waals surface area contributed by atoms with Crippen LogP contribution in [-0.2, 0) is 0 Å². The summed E-state index contributed by atoms with van der Waals surface area (Å²) in [4.78, 5) is 20.3. The largest absolute Gasteiger partial charge is 0.465 e. The van der Waals surface area contributed by atoms with Gasteiger partial charge < -0.3 is 15.0 Å². The van der Waals surface area contributed by atoms with Crippen LogP contribution in [0.5, 0.6) is 0 Å². The van der Waals surface area contributed by atoms with Crippen molar-refractivity contribution in [3.8, 4) is 11.3 Å². The molecule has 110 valence electrons. The number of halogens is 1. The van der Waals surface area contributed by atoms with Gasteiger partial charge in [-0.3, -0.25) is 0 Å². The SMILES string of the molecule is O=C(O)N1CCC(c2nc(-c3cccc(Br)c3)c[nH]2)CC1. The van der Waals surface area contributed by atoms with Crippen LogP contribution in [0, 0.1) is 0 Å². The molecule has 0 bridgehead atoms. The van der Waals surface area contributed by atoms with Crippen LogP contribution in [0.25, 0.3) is 11.3 Å². The quantitative estimate of drug-likeness (QED) is 0.868. The molecule has 5 nitrogen and oxygen atoms in total. The molecule has 0 saturated carbocycles. The number of rotatable bonds is 2. The maximum Gasteiger partial charge on any atom is 0.407 e. The number of H-pyrrole nitrogens is 1. The van der Waals surface area contributed by atoms with E-state index in [2.05, 4.69) is 25.9 Å². The number of hydrogen-bond donors (Lipinski definition) is 2. The Kier molecular flexibility index (Phi) is 3.96. The Bertz CT molecular complexity index is 648. The third kappa shape index (κ3) is 3.10. The van der Waals surface area contributed by atoms with E-state index in [9.17, 15) is 4.79 Å². The molecule has 1 fully saturated rings. The molecule has 1 aromatic heterocycles. The molecule has 2 heterocycles. The molecule has 0 spiro atoms. The summed E-state index contributed by atoms with van der Waals surface area (Å²) in [5.74, 6) is 1.26. The van der Waals surface area contributed by atoms with Gasteiger partial charge in [0, 0.05) is 35.2 Å². The molecule has 2 N–H and O–H groups in total. The smallest absolute Gasteiger partial charge is 0.407 e. The maximum atomic E-state index is 10.9. The van der Waals surface area contributed by atoms with Crippen LogP contribution in [0.4, 0.5) is 4.79 Å². The number of carboxylic acid groups (broad SMARTS) is 1. The normalized spacial score (nSPS) is 16.1. The van der Waals surface area contributed by atoms with Gasteiger partial charge in [0.2, 0.25) is 0 Å². The zero-order valence-corrected chi connectivity index (χ0v) is 13.0. The second kappa shape index (κ2) is 5.89. The van der Waals surface area contributed by atoms with Crippen molar-refractivity contribution in [2.24, 2.45) is 0 Å². The molecular formula is C15H16BrN3O2. The van der Waals surface area contributed by atoms with E-state index in [1.165, 1.54) is 4.90 Å². The number of hydrogen-bond acceptors (Lipinski definition) is 2. The molecule has 6 heteroatoms. The lowest BCUT2D eigenvalue weighted by molar-refractivity contribution is 0.131. The minimum atomic E-state index is -0.831. The number of piperidine rings is 1. The van der Waals surface area contributed by atoms with E-state index in [1.54, 1.807) is 0 Å².